The average molecular weight is 194 g/mol. The summed E-state index contributed by atoms with van der Waals surface area (Å²) in [5.41, 5.74) is 0.743. The van der Waals surface area contributed by atoms with Crippen LogP contribution in [-0.2, 0) is 0 Å². The second kappa shape index (κ2) is 5.58. The van der Waals surface area contributed by atoms with E-state index < -0.39 is 0 Å². The smallest absolute Gasteiger partial charge is 0.0228 e. The SMILES string of the molecule is CC1CCC2(CC=CC2)CC1.CCC. The largest absolute Gasteiger partial charge is 0.0880 e. The number of allylic oxidation sites excluding steroid dienone is 2. The minimum atomic E-state index is 0.743. The van der Waals surface area contributed by atoms with Crippen molar-refractivity contribution in [3.8, 4) is 0 Å². The lowest BCUT2D eigenvalue weighted by Gasteiger charge is -2.36. The van der Waals surface area contributed by atoms with Crippen LogP contribution in [-0.4, -0.2) is 0 Å². The molecule has 0 heteroatoms. The molecule has 0 N–H and O–H groups in total. The van der Waals surface area contributed by atoms with Crippen molar-refractivity contribution in [1.82, 2.24) is 0 Å². The molecule has 0 aromatic rings. The lowest BCUT2D eigenvalue weighted by molar-refractivity contribution is 0.170. The van der Waals surface area contributed by atoms with Gasteiger partial charge in [-0.15, -0.1) is 0 Å². The van der Waals surface area contributed by atoms with Crippen LogP contribution in [0.4, 0.5) is 0 Å². The third kappa shape index (κ3) is 3.15. The molecule has 0 amide bonds. The first kappa shape index (κ1) is 11.8. The summed E-state index contributed by atoms with van der Waals surface area (Å²) in [5.74, 6) is 1.00. The predicted molar refractivity (Wildman–Crippen MR) is 64.4 cm³/mol. The highest BCUT2D eigenvalue weighted by molar-refractivity contribution is 5.04. The third-order valence-electron chi connectivity index (χ3n) is 3.60. The topological polar surface area (TPSA) is 0 Å². The number of hydrogen-bond donors (Lipinski definition) is 0. The van der Waals surface area contributed by atoms with Crippen LogP contribution >= 0.6 is 0 Å². The van der Waals surface area contributed by atoms with Crippen LogP contribution in [0.2, 0.25) is 0 Å². The van der Waals surface area contributed by atoms with Gasteiger partial charge in [0.1, 0.15) is 0 Å². The molecular weight excluding hydrogens is 168 g/mol. The van der Waals surface area contributed by atoms with Gasteiger partial charge in [0.25, 0.3) is 0 Å². The quantitative estimate of drug-likeness (QED) is 0.479. The van der Waals surface area contributed by atoms with Crippen LogP contribution in [0.25, 0.3) is 0 Å². The molecule has 2 aliphatic carbocycles. The monoisotopic (exact) mass is 194 g/mol. The first-order chi connectivity index (χ1) is 6.72. The van der Waals surface area contributed by atoms with E-state index in [1.54, 1.807) is 0 Å². The zero-order valence-electron chi connectivity index (χ0n) is 10.2. The minimum absolute atomic E-state index is 0.743. The molecule has 1 fully saturated rings. The van der Waals surface area contributed by atoms with Gasteiger partial charge in [-0.05, 0) is 37.0 Å². The Kier molecular flexibility index (Phi) is 4.71. The molecule has 0 heterocycles. The van der Waals surface area contributed by atoms with Crippen molar-refractivity contribution in [1.29, 1.82) is 0 Å². The normalized spacial score (nSPS) is 24.8. The summed E-state index contributed by atoms with van der Waals surface area (Å²) in [6.07, 6.45) is 14.7. The standard InChI is InChI=1S/C11H18.C3H8/c1-10-4-8-11(9-5-10)6-2-3-7-11;1-3-2/h2-3,10H,4-9H2,1H3;3H2,1-2H3. The van der Waals surface area contributed by atoms with E-state index in [1.165, 1.54) is 44.9 Å². The molecule has 0 atom stereocenters. The van der Waals surface area contributed by atoms with Crippen LogP contribution in [0.1, 0.15) is 65.7 Å². The zero-order chi connectivity index (χ0) is 10.4. The van der Waals surface area contributed by atoms with Crippen molar-refractivity contribution in [2.45, 2.75) is 65.7 Å². The lowest BCUT2D eigenvalue weighted by atomic mass is 9.69. The van der Waals surface area contributed by atoms with Crippen LogP contribution in [0.3, 0.4) is 0 Å². The van der Waals surface area contributed by atoms with Crippen molar-refractivity contribution in [2.75, 3.05) is 0 Å². The zero-order valence-corrected chi connectivity index (χ0v) is 10.2. The van der Waals surface area contributed by atoms with Gasteiger partial charge in [-0.1, -0.05) is 52.2 Å². The maximum atomic E-state index is 2.40. The Morgan fingerprint density at radius 1 is 1.07 bits per heavy atom. The fourth-order valence-electron chi connectivity index (χ4n) is 2.53. The lowest BCUT2D eigenvalue weighted by Crippen LogP contribution is -2.23. The molecule has 2 rings (SSSR count). The first-order valence-corrected chi connectivity index (χ1v) is 6.37. The van der Waals surface area contributed by atoms with Gasteiger partial charge in [-0.2, -0.15) is 0 Å². The van der Waals surface area contributed by atoms with Gasteiger partial charge in [0.15, 0.2) is 0 Å². The molecule has 0 aromatic carbocycles. The second-order valence-electron chi connectivity index (χ2n) is 5.27. The Morgan fingerprint density at radius 3 is 1.93 bits per heavy atom. The van der Waals surface area contributed by atoms with Crippen LogP contribution in [0, 0.1) is 11.3 Å². The second-order valence-corrected chi connectivity index (χ2v) is 5.27. The van der Waals surface area contributed by atoms with Crippen LogP contribution < -0.4 is 0 Å². The molecule has 0 saturated heterocycles. The molecular formula is C14H26. The van der Waals surface area contributed by atoms with Gasteiger partial charge < -0.3 is 0 Å². The van der Waals surface area contributed by atoms with Crippen molar-refractivity contribution in [2.24, 2.45) is 11.3 Å². The Bertz CT molecular complexity index is 160. The van der Waals surface area contributed by atoms with Crippen molar-refractivity contribution >= 4 is 0 Å². The van der Waals surface area contributed by atoms with Gasteiger partial charge in [0, 0.05) is 0 Å². The van der Waals surface area contributed by atoms with Crippen LogP contribution in [0.5, 0.6) is 0 Å². The van der Waals surface area contributed by atoms with E-state index in [4.69, 9.17) is 0 Å². The number of rotatable bonds is 0. The molecule has 2 aliphatic rings. The van der Waals surface area contributed by atoms with E-state index in [1.807, 2.05) is 0 Å². The van der Waals surface area contributed by atoms with Gasteiger partial charge >= 0.3 is 0 Å². The van der Waals surface area contributed by atoms with Gasteiger partial charge in [-0.25, -0.2) is 0 Å². The summed E-state index contributed by atoms with van der Waals surface area (Å²) in [5, 5.41) is 0. The highest BCUT2D eigenvalue weighted by Crippen LogP contribution is 2.47. The van der Waals surface area contributed by atoms with Gasteiger partial charge in [0.05, 0.1) is 0 Å². The summed E-state index contributed by atoms with van der Waals surface area (Å²) in [7, 11) is 0. The van der Waals surface area contributed by atoms with E-state index in [-0.39, 0.29) is 0 Å². The maximum Gasteiger partial charge on any atom is -0.0228 e. The van der Waals surface area contributed by atoms with E-state index in [9.17, 15) is 0 Å². The molecule has 0 unspecified atom stereocenters. The van der Waals surface area contributed by atoms with Crippen molar-refractivity contribution in [3.63, 3.8) is 0 Å². The Labute approximate surface area is 89.8 Å². The van der Waals surface area contributed by atoms with E-state index >= 15 is 0 Å². The fraction of sp³-hybridized carbons (Fsp3) is 0.857. The van der Waals surface area contributed by atoms with Gasteiger partial charge in [-0.3, -0.25) is 0 Å². The highest BCUT2D eigenvalue weighted by atomic mass is 14.4. The molecule has 14 heavy (non-hydrogen) atoms. The predicted octanol–water partition coefficient (Wildman–Crippen LogP) is 4.95. The van der Waals surface area contributed by atoms with E-state index in [0.717, 1.165) is 11.3 Å². The molecule has 1 spiro atoms. The molecule has 1 saturated carbocycles. The highest BCUT2D eigenvalue weighted by Gasteiger charge is 2.33. The Hall–Kier alpha value is -0.260. The summed E-state index contributed by atoms with van der Waals surface area (Å²) in [4.78, 5) is 0. The summed E-state index contributed by atoms with van der Waals surface area (Å²) in [6.45, 7) is 6.65. The fourth-order valence-corrected chi connectivity index (χ4v) is 2.53. The molecule has 0 aliphatic heterocycles. The molecule has 0 radical (unpaired) electrons. The minimum Gasteiger partial charge on any atom is -0.0880 e. The molecule has 0 nitrogen and oxygen atoms in total. The summed E-state index contributed by atoms with van der Waals surface area (Å²) < 4.78 is 0. The molecule has 0 aromatic heterocycles. The maximum absolute atomic E-state index is 2.40. The Morgan fingerprint density at radius 2 is 1.50 bits per heavy atom. The van der Waals surface area contributed by atoms with E-state index in [0.29, 0.717) is 0 Å². The van der Waals surface area contributed by atoms with Crippen molar-refractivity contribution in [3.05, 3.63) is 12.2 Å². The van der Waals surface area contributed by atoms with E-state index in [2.05, 4.69) is 32.9 Å². The summed E-state index contributed by atoms with van der Waals surface area (Å²) >= 11 is 0. The molecule has 82 valence electrons. The van der Waals surface area contributed by atoms with Gasteiger partial charge in [0.2, 0.25) is 0 Å². The number of hydrogen-bond acceptors (Lipinski definition) is 0. The van der Waals surface area contributed by atoms with Crippen LogP contribution in [0.15, 0.2) is 12.2 Å². The third-order valence-corrected chi connectivity index (χ3v) is 3.60. The average Bonchev–Trinajstić information content (AvgIpc) is 2.61. The Balaban J connectivity index is 0.000000293. The summed E-state index contributed by atoms with van der Waals surface area (Å²) in [6, 6.07) is 0. The van der Waals surface area contributed by atoms with Crippen molar-refractivity contribution < 1.29 is 0 Å². The first-order valence-electron chi connectivity index (χ1n) is 6.37. The molecule has 0 bridgehead atoms.